The van der Waals surface area contributed by atoms with E-state index in [-0.39, 0.29) is 10.7 Å². The lowest BCUT2D eigenvalue weighted by atomic mass is 10.3. The van der Waals surface area contributed by atoms with Crippen molar-refractivity contribution in [2.75, 3.05) is 10.5 Å². The number of hydrogen-bond acceptors (Lipinski definition) is 6. The first-order valence-corrected chi connectivity index (χ1v) is 6.15. The molecular weight excluding hydrogens is 244 g/mol. The third-order valence-corrected chi connectivity index (χ3v) is 3.43. The number of nitrogens with one attached hydrogen (secondary N) is 1. The second kappa shape index (κ2) is 4.06. The highest BCUT2D eigenvalue weighted by molar-refractivity contribution is 7.92. The molecule has 0 atom stereocenters. The maximum Gasteiger partial charge on any atom is 0.263 e. The second-order valence-corrected chi connectivity index (χ2v) is 5.06. The summed E-state index contributed by atoms with van der Waals surface area (Å²) in [4.78, 5) is 0.0918. The molecule has 0 unspecified atom stereocenters. The Morgan fingerprint density at radius 2 is 1.88 bits per heavy atom. The van der Waals surface area contributed by atoms with Crippen LogP contribution in [-0.2, 0) is 10.0 Å². The number of aromatic nitrogens is 2. The first kappa shape index (κ1) is 11.4. The van der Waals surface area contributed by atoms with Crippen LogP contribution in [-0.4, -0.2) is 18.7 Å². The molecule has 8 heteroatoms. The van der Waals surface area contributed by atoms with Crippen LogP contribution < -0.4 is 10.5 Å². The second-order valence-electron chi connectivity index (χ2n) is 3.37. The molecule has 0 amide bonds. The molecule has 90 valence electrons. The van der Waals surface area contributed by atoms with Crippen molar-refractivity contribution in [3.63, 3.8) is 0 Å². The maximum atomic E-state index is 11.9. The van der Waals surface area contributed by atoms with Gasteiger partial charge in [-0.2, -0.15) is 0 Å². The molecule has 0 aliphatic rings. The highest BCUT2D eigenvalue weighted by atomic mass is 32.2. The normalized spacial score (nSPS) is 11.4. The molecule has 0 radical (unpaired) electrons. The summed E-state index contributed by atoms with van der Waals surface area (Å²) in [6.07, 6.45) is 0. The van der Waals surface area contributed by atoms with Gasteiger partial charge in [-0.15, -0.1) is 0 Å². The first-order valence-electron chi connectivity index (χ1n) is 4.66. The zero-order valence-corrected chi connectivity index (χ0v) is 9.73. The smallest absolute Gasteiger partial charge is 0.263 e. The molecule has 0 saturated carbocycles. The molecule has 0 aliphatic heterocycles. The Bertz CT molecular complexity index is 618. The van der Waals surface area contributed by atoms with E-state index < -0.39 is 10.0 Å². The molecule has 0 aliphatic carbocycles. The van der Waals surface area contributed by atoms with Crippen molar-refractivity contribution in [2.45, 2.75) is 11.8 Å². The Kier molecular flexibility index (Phi) is 2.72. The van der Waals surface area contributed by atoms with Crippen LogP contribution in [0.15, 0.2) is 33.8 Å². The Morgan fingerprint density at radius 1 is 1.24 bits per heavy atom. The molecule has 1 aromatic heterocycles. The first-order chi connectivity index (χ1) is 7.99. The Hall–Kier alpha value is -2.09. The van der Waals surface area contributed by atoms with Crippen molar-refractivity contribution in [2.24, 2.45) is 0 Å². The molecule has 2 rings (SSSR count). The fourth-order valence-corrected chi connectivity index (χ4v) is 2.21. The molecule has 1 aromatic carbocycles. The molecule has 2 aromatic rings. The van der Waals surface area contributed by atoms with Gasteiger partial charge < -0.3 is 5.73 Å². The quantitative estimate of drug-likeness (QED) is 0.782. The zero-order chi connectivity index (χ0) is 12.5. The van der Waals surface area contributed by atoms with Crippen LogP contribution >= 0.6 is 0 Å². The average Bonchev–Trinajstić information content (AvgIpc) is 2.64. The molecule has 0 spiro atoms. The van der Waals surface area contributed by atoms with E-state index in [2.05, 4.69) is 19.7 Å². The van der Waals surface area contributed by atoms with Crippen LogP contribution in [0.25, 0.3) is 0 Å². The summed E-state index contributed by atoms with van der Waals surface area (Å²) in [5.41, 5.74) is 6.33. The monoisotopic (exact) mass is 254 g/mol. The Balaban J connectivity index is 2.31. The molecular formula is C9H10N4O3S. The van der Waals surface area contributed by atoms with E-state index in [0.717, 1.165) is 0 Å². The van der Waals surface area contributed by atoms with Gasteiger partial charge in [0.1, 0.15) is 5.69 Å². The third-order valence-electron chi connectivity index (χ3n) is 2.07. The summed E-state index contributed by atoms with van der Waals surface area (Å²) < 4.78 is 30.5. The van der Waals surface area contributed by atoms with Gasteiger partial charge in [0.05, 0.1) is 4.90 Å². The largest absolute Gasteiger partial charge is 0.399 e. The lowest BCUT2D eigenvalue weighted by molar-refractivity contribution is 0.306. The lowest BCUT2D eigenvalue weighted by Gasteiger charge is -2.05. The van der Waals surface area contributed by atoms with Gasteiger partial charge in [-0.25, -0.2) is 13.0 Å². The zero-order valence-electron chi connectivity index (χ0n) is 8.91. The SMILES string of the molecule is Cc1nonc1NS(=O)(=O)c1ccc(N)cc1. The van der Waals surface area contributed by atoms with E-state index in [0.29, 0.717) is 11.4 Å². The van der Waals surface area contributed by atoms with Crippen LogP contribution in [0, 0.1) is 6.92 Å². The van der Waals surface area contributed by atoms with Crippen molar-refractivity contribution in [1.82, 2.24) is 10.3 Å². The highest BCUT2D eigenvalue weighted by Gasteiger charge is 2.17. The standard InChI is InChI=1S/C9H10N4O3S/c1-6-9(12-16-11-6)13-17(14,15)8-4-2-7(10)3-5-8/h2-5H,10H2,1H3,(H,12,13). The highest BCUT2D eigenvalue weighted by Crippen LogP contribution is 2.17. The molecule has 0 saturated heterocycles. The van der Waals surface area contributed by atoms with Crippen molar-refractivity contribution in [3.05, 3.63) is 30.0 Å². The van der Waals surface area contributed by atoms with Gasteiger partial charge in [-0.05, 0) is 36.3 Å². The number of rotatable bonds is 3. The van der Waals surface area contributed by atoms with E-state index in [9.17, 15) is 8.42 Å². The summed E-state index contributed by atoms with van der Waals surface area (Å²) in [7, 11) is -3.69. The number of hydrogen-bond donors (Lipinski definition) is 2. The number of anilines is 2. The van der Waals surface area contributed by atoms with Gasteiger partial charge in [0.2, 0.25) is 5.82 Å². The minimum absolute atomic E-state index is 0.0711. The van der Waals surface area contributed by atoms with Crippen LogP contribution in [0.2, 0.25) is 0 Å². The van der Waals surface area contributed by atoms with E-state index >= 15 is 0 Å². The van der Waals surface area contributed by atoms with Crippen LogP contribution in [0.4, 0.5) is 11.5 Å². The van der Waals surface area contributed by atoms with E-state index in [1.807, 2.05) is 0 Å². The van der Waals surface area contributed by atoms with Gasteiger partial charge in [0.15, 0.2) is 0 Å². The molecule has 3 N–H and O–H groups in total. The van der Waals surface area contributed by atoms with Gasteiger partial charge in [-0.3, -0.25) is 4.72 Å². The number of nitrogens with zero attached hydrogens (tertiary/aromatic N) is 2. The number of aryl methyl sites for hydroxylation is 1. The van der Waals surface area contributed by atoms with E-state index in [4.69, 9.17) is 5.73 Å². The minimum atomic E-state index is -3.69. The van der Waals surface area contributed by atoms with E-state index in [1.54, 1.807) is 6.92 Å². The van der Waals surface area contributed by atoms with Crippen molar-refractivity contribution in [3.8, 4) is 0 Å². The van der Waals surface area contributed by atoms with Crippen molar-refractivity contribution in [1.29, 1.82) is 0 Å². The number of benzene rings is 1. The molecule has 0 fully saturated rings. The topological polar surface area (TPSA) is 111 Å². The summed E-state index contributed by atoms with van der Waals surface area (Å²) in [5, 5.41) is 6.92. The van der Waals surface area contributed by atoms with Gasteiger partial charge in [-0.1, -0.05) is 5.16 Å². The summed E-state index contributed by atoms with van der Waals surface area (Å²) >= 11 is 0. The van der Waals surface area contributed by atoms with Gasteiger partial charge in [0, 0.05) is 5.69 Å². The lowest BCUT2D eigenvalue weighted by Crippen LogP contribution is -2.13. The molecule has 0 bridgehead atoms. The molecule has 7 nitrogen and oxygen atoms in total. The van der Waals surface area contributed by atoms with Crippen molar-refractivity contribution >= 4 is 21.5 Å². The Labute approximate surface area is 97.6 Å². The summed E-state index contributed by atoms with van der Waals surface area (Å²) in [6.45, 7) is 1.58. The van der Waals surface area contributed by atoms with Crippen molar-refractivity contribution < 1.29 is 13.0 Å². The number of nitrogen functional groups attached to an aromatic ring is 1. The summed E-state index contributed by atoms with van der Waals surface area (Å²) in [5.74, 6) is 0.0711. The van der Waals surface area contributed by atoms with Crippen LogP contribution in [0.5, 0.6) is 0 Å². The third kappa shape index (κ3) is 2.36. The maximum absolute atomic E-state index is 11.9. The van der Waals surface area contributed by atoms with Gasteiger partial charge >= 0.3 is 0 Å². The summed E-state index contributed by atoms with van der Waals surface area (Å²) in [6, 6.07) is 5.81. The van der Waals surface area contributed by atoms with Gasteiger partial charge in [0.25, 0.3) is 10.0 Å². The predicted octanol–water partition coefficient (Wildman–Crippen LogP) is 0.761. The van der Waals surface area contributed by atoms with Crippen LogP contribution in [0.1, 0.15) is 5.69 Å². The minimum Gasteiger partial charge on any atom is -0.399 e. The average molecular weight is 254 g/mol. The Morgan fingerprint density at radius 3 is 2.41 bits per heavy atom. The molecule has 17 heavy (non-hydrogen) atoms. The fourth-order valence-electron chi connectivity index (χ4n) is 1.16. The number of sulfonamides is 1. The van der Waals surface area contributed by atoms with E-state index in [1.165, 1.54) is 24.3 Å². The fraction of sp³-hybridized carbons (Fsp3) is 0.111. The van der Waals surface area contributed by atoms with Crippen LogP contribution in [0.3, 0.4) is 0 Å². The molecule has 1 heterocycles. The predicted molar refractivity (Wildman–Crippen MR) is 60.7 cm³/mol. The number of nitrogens with two attached hydrogens (primary N) is 1.